The Bertz CT molecular complexity index is 581. The number of carbonyl (C=O) groups excluding carboxylic acids is 1. The van der Waals surface area contributed by atoms with E-state index in [2.05, 4.69) is 10.3 Å². The molecule has 0 bridgehead atoms. The largest absolute Gasteiger partial charge is 0.345 e. The Morgan fingerprint density at radius 3 is 2.74 bits per heavy atom. The van der Waals surface area contributed by atoms with Gasteiger partial charge in [0.1, 0.15) is 5.82 Å². The van der Waals surface area contributed by atoms with Crippen LogP contribution in [0.25, 0.3) is 0 Å². The summed E-state index contributed by atoms with van der Waals surface area (Å²) in [5.41, 5.74) is 2.08. The normalized spacial score (nSPS) is 11.9. The van der Waals surface area contributed by atoms with Crippen LogP contribution in [0.5, 0.6) is 0 Å². The smallest absolute Gasteiger partial charge is 0.253 e. The van der Waals surface area contributed by atoms with Gasteiger partial charge in [-0.05, 0) is 43.7 Å². The van der Waals surface area contributed by atoms with E-state index in [0.717, 1.165) is 11.3 Å². The second-order valence-corrected chi connectivity index (χ2v) is 4.44. The van der Waals surface area contributed by atoms with Gasteiger partial charge in [0.05, 0.1) is 11.6 Å². The zero-order valence-corrected chi connectivity index (χ0v) is 10.9. The van der Waals surface area contributed by atoms with Crippen LogP contribution in [0.3, 0.4) is 0 Å². The molecule has 98 valence electrons. The molecule has 0 aliphatic rings. The number of halogens is 1. The molecular weight excluding hydrogens is 243 g/mol. The van der Waals surface area contributed by atoms with E-state index in [9.17, 15) is 9.18 Å². The van der Waals surface area contributed by atoms with Crippen LogP contribution in [0.15, 0.2) is 42.6 Å². The van der Waals surface area contributed by atoms with Crippen molar-refractivity contribution in [2.45, 2.75) is 19.9 Å². The van der Waals surface area contributed by atoms with Gasteiger partial charge in [-0.1, -0.05) is 12.1 Å². The Morgan fingerprint density at radius 1 is 1.32 bits per heavy atom. The number of pyridine rings is 1. The molecule has 0 unspecified atom stereocenters. The standard InChI is InChI=1S/C15H15FN2O/c1-10-6-7-13(9-17-10)15(19)18-11(2)12-4-3-5-14(16)8-12/h3-9,11H,1-2H3,(H,18,19)/t11-/m1/s1. The predicted molar refractivity (Wildman–Crippen MR) is 71.3 cm³/mol. The maximum absolute atomic E-state index is 13.1. The molecule has 0 saturated carbocycles. The number of hydrogen-bond acceptors (Lipinski definition) is 2. The fraction of sp³-hybridized carbons (Fsp3) is 0.200. The minimum atomic E-state index is -0.310. The third-order valence-corrected chi connectivity index (χ3v) is 2.87. The van der Waals surface area contributed by atoms with E-state index < -0.39 is 0 Å². The van der Waals surface area contributed by atoms with E-state index in [1.807, 2.05) is 13.8 Å². The highest BCUT2D eigenvalue weighted by atomic mass is 19.1. The molecule has 19 heavy (non-hydrogen) atoms. The van der Waals surface area contributed by atoms with E-state index in [-0.39, 0.29) is 17.8 Å². The van der Waals surface area contributed by atoms with Crippen molar-refractivity contribution in [1.82, 2.24) is 10.3 Å². The van der Waals surface area contributed by atoms with Crippen LogP contribution in [-0.2, 0) is 0 Å². The van der Waals surface area contributed by atoms with E-state index >= 15 is 0 Å². The molecule has 1 atom stereocenters. The molecule has 1 aromatic heterocycles. The van der Waals surface area contributed by atoms with Gasteiger partial charge >= 0.3 is 0 Å². The van der Waals surface area contributed by atoms with Gasteiger partial charge in [-0.15, -0.1) is 0 Å². The van der Waals surface area contributed by atoms with Crippen LogP contribution in [0.2, 0.25) is 0 Å². The molecule has 1 heterocycles. The Kier molecular flexibility index (Phi) is 3.90. The molecule has 0 spiro atoms. The highest BCUT2D eigenvalue weighted by Crippen LogP contribution is 2.14. The fourth-order valence-electron chi connectivity index (χ4n) is 1.74. The zero-order chi connectivity index (χ0) is 13.8. The maximum atomic E-state index is 13.1. The van der Waals surface area contributed by atoms with E-state index in [1.54, 1.807) is 24.3 Å². The Hall–Kier alpha value is -2.23. The lowest BCUT2D eigenvalue weighted by Crippen LogP contribution is -2.26. The summed E-state index contributed by atoms with van der Waals surface area (Å²) in [5, 5.41) is 2.81. The van der Waals surface area contributed by atoms with Crippen molar-refractivity contribution in [3.8, 4) is 0 Å². The van der Waals surface area contributed by atoms with Gasteiger partial charge in [-0.25, -0.2) is 4.39 Å². The third-order valence-electron chi connectivity index (χ3n) is 2.87. The molecule has 2 rings (SSSR count). The fourth-order valence-corrected chi connectivity index (χ4v) is 1.74. The van der Waals surface area contributed by atoms with E-state index in [0.29, 0.717) is 5.56 Å². The van der Waals surface area contributed by atoms with Crippen molar-refractivity contribution < 1.29 is 9.18 Å². The average molecular weight is 258 g/mol. The molecule has 1 amide bonds. The summed E-state index contributed by atoms with van der Waals surface area (Å²) in [6.07, 6.45) is 1.53. The van der Waals surface area contributed by atoms with Crippen LogP contribution >= 0.6 is 0 Å². The quantitative estimate of drug-likeness (QED) is 0.919. The number of carbonyl (C=O) groups is 1. The van der Waals surface area contributed by atoms with Gasteiger partial charge in [0.2, 0.25) is 0 Å². The van der Waals surface area contributed by atoms with Crippen molar-refractivity contribution in [1.29, 1.82) is 0 Å². The Morgan fingerprint density at radius 2 is 2.11 bits per heavy atom. The number of amides is 1. The average Bonchev–Trinajstić information content (AvgIpc) is 2.39. The molecule has 0 aliphatic heterocycles. The minimum absolute atomic E-state index is 0.218. The molecule has 1 aromatic carbocycles. The number of benzene rings is 1. The molecular formula is C15H15FN2O. The summed E-state index contributed by atoms with van der Waals surface area (Å²) >= 11 is 0. The second-order valence-electron chi connectivity index (χ2n) is 4.44. The van der Waals surface area contributed by atoms with Gasteiger partial charge < -0.3 is 5.32 Å². The van der Waals surface area contributed by atoms with Crippen molar-refractivity contribution >= 4 is 5.91 Å². The Labute approximate surface area is 111 Å². The topological polar surface area (TPSA) is 42.0 Å². The number of aryl methyl sites for hydroxylation is 1. The molecule has 3 nitrogen and oxygen atoms in total. The van der Waals surface area contributed by atoms with Gasteiger partial charge in [0, 0.05) is 11.9 Å². The van der Waals surface area contributed by atoms with Crippen molar-refractivity contribution in [2.75, 3.05) is 0 Å². The molecule has 0 fully saturated rings. The van der Waals surface area contributed by atoms with Gasteiger partial charge in [0.15, 0.2) is 0 Å². The molecule has 0 aliphatic carbocycles. The monoisotopic (exact) mass is 258 g/mol. The summed E-state index contributed by atoms with van der Waals surface area (Å²) in [5.74, 6) is -0.528. The minimum Gasteiger partial charge on any atom is -0.345 e. The Balaban J connectivity index is 2.08. The van der Waals surface area contributed by atoms with Gasteiger partial charge in [-0.3, -0.25) is 9.78 Å². The maximum Gasteiger partial charge on any atom is 0.253 e. The van der Waals surface area contributed by atoms with Crippen LogP contribution in [0.4, 0.5) is 4.39 Å². The first-order chi connectivity index (χ1) is 9.06. The van der Waals surface area contributed by atoms with Gasteiger partial charge in [0.25, 0.3) is 5.91 Å². The first kappa shape index (κ1) is 13.2. The molecule has 1 N–H and O–H groups in total. The summed E-state index contributed by atoms with van der Waals surface area (Å²) in [7, 11) is 0. The number of rotatable bonds is 3. The highest BCUT2D eigenvalue weighted by Gasteiger charge is 2.11. The predicted octanol–water partition coefficient (Wildman–Crippen LogP) is 3.02. The summed E-state index contributed by atoms with van der Waals surface area (Å²) in [6.45, 7) is 3.67. The molecule has 0 saturated heterocycles. The molecule has 2 aromatic rings. The number of nitrogens with one attached hydrogen (secondary N) is 1. The van der Waals surface area contributed by atoms with Crippen molar-refractivity contribution in [3.05, 3.63) is 65.2 Å². The lowest BCUT2D eigenvalue weighted by molar-refractivity contribution is 0.0939. The highest BCUT2D eigenvalue weighted by molar-refractivity contribution is 5.94. The van der Waals surface area contributed by atoms with E-state index in [1.165, 1.54) is 18.3 Å². The number of hydrogen-bond donors (Lipinski definition) is 1. The first-order valence-corrected chi connectivity index (χ1v) is 6.05. The van der Waals surface area contributed by atoms with Gasteiger partial charge in [-0.2, -0.15) is 0 Å². The lowest BCUT2D eigenvalue weighted by atomic mass is 10.1. The second kappa shape index (κ2) is 5.61. The van der Waals surface area contributed by atoms with Crippen molar-refractivity contribution in [3.63, 3.8) is 0 Å². The third kappa shape index (κ3) is 3.37. The van der Waals surface area contributed by atoms with Crippen LogP contribution < -0.4 is 5.32 Å². The SMILES string of the molecule is Cc1ccc(C(=O)N[C@H](C)c2cccc(F)c2)cn1. The van der Waals surface area contributed by atoms with Crippen LogP contribution in [-0.4, -0.2) is 10.9 Å². The first-order valence-electron chi connectivity index (χ1n) is 6.05. The summed E-state index contributed by atoms with van der Waals surface area (Å²) in [4.78, 5) is 16.1. The zero-order valence-electron chi connectivity index (χ0n) is 10.9. The number of aromatic nitrogens is 1. The molecule has 0 radical (unpaired) electrons. The van der Waals surface area contributed by atoms with Crippen LogP contribution in [0.1, 0.15) is 34.6 Å². The number of nitrogens with zero attached hydrogens (tertiary/aromatic N) is 1. The summed E-state index contributed by atoms with van der Waals surface area (Å²) < 4.78 is 13.1. The van der Waals surface area contributed by atoms with Crippen molar-refractivity contribution in [2.24, 2.45) is 0 Å². The van der Waals surface area contributed by atoms with E-state index in [4.69, 9.17) is 0 Å². The summed E-state index contributed by atoms with van der Waals surface area (Å²) in [6, 6.07) is 9.43. The lowest BCUT2D eigenvalue weighted by Gasteiger charge is -2.14. The molecule has 4 heteroatoms. The van der Waals surface area contributed by atoms with Crippen LogP contribution in [0, 0.1) is 12.7 Å².